The molecule has 1 aromatic carbocycles. The molecule has 2 aliphatic rings. The van der Waals surface area contributed by atoms with E-state index < -0.39 is 0 Å². The molecule has 1 fully saturated rings. The molecule has 102 valence electrons. The van der Waals surface area contributed by atoms with Crippen LogP contribution in [0.2, 0.25) is 0 Å². The first-order chi connectivity index (χ1) is 9.33. The predicted octanol–water partition coefficient (Wildman–Crippen LogP) is 2.51. The van der Waals surface area contributed by atoms with Crippen molar-refractivity contribution in [3.63, 3.8) is 0 Å². The third-order valence-electron chi connectivity index (χ3n) is 4.24. The molecule has 0 saturated carbocycles. The molecule has 0 radical (unpaired) electrons. The number of fused-ring (bicyclic) bond motifs is 1. The Hall–Kier alpha value is -1.35. The average molecular weight is 259 g/mol. The summed E-state index contributed by atoms with van der Waals surface area (Å²) in [6.07, 6.45) is 3.53. The van der Waals surface area contributed by atoms with Crippen molar-refractivity contribution < 1.29 is 9.53 Å². The molecule has 1 saturated heterocycles. The Morgan fingerprint density at radius 3 is 3.00 bits per heavy atom. The van der Waals surface area contributed by atoms with E-state index in [-0.39, 0.29) is 0 Å². The molecular formula is C16H21NO2. The van der Waals surface area contributed by atoms with Crippen LogP contribution in [0.1, 0.15) is 37.2 Å². The molecule has 2 unspecified atom stereocenters. The molecule has 1 aromatic rings. The lowest BCUT2D eigenvalue weighted by molar-refractivity contribution is -0.120. The average Bonchev–Trinajstić information content (AvgIpc) is 2.92. The van der Waals surface area contributed by atoms with Crippen LogP contribution in [0, 0.1) is 5.92 Å². The van der Waals surface area contributed by atoms with Gasteiger partial charge >= 0.3 is 0 Å². The van der Waals surface area contributed by atoms with Gasteiger partial charge in [-0.05, 0) is 49.4 Å². The molecule has 19 heavy (non-hydrogen) atoms. The van der Waals surface area contributed by atoms with Gasteiger partial charge in [0, 0.05) is 12.8 Å². The minimum absolute atomic E-state index is 0.354. The molecule has 0 aromatic heterocycles. The fourth-order valence-electron chi connectivity index (χ4n) is 3.20. The molecule has 0 aliphatic carbocycles. The molecule has 2 atom stereocenters. The Kier molecular flexibility index (Phi) is 3.83. The monoisotopic (exact) mass is 259 g/mol. The van der Waals surface area contributed by atoms with Crippen molar-refractivity contribution in [3.8, 4) is 5.75 Å². The summed E-state index contributed by atoms with van der Waals surface area (Å²) in [5.74, 6) is 2.29. The van der Waals surface area contributed by atoms with Gasteiger partial charge in [0.1, 0.15) is 11.5 Å². The standard InChI is InChI=1S/C16H21NO2/c18-14(9-12-5-7-17-11-12)10-13-6-8-19-16-4-2-1-3-15(13)16/h1-4,12-13,17H,5-11H2. The van der Waals surface area contributed by atoms with E-state index in [1.807, 2.05) is 18.2 Å². The van der Waals surface area contributed by atoms with E-state index in [1.54, 1.807) is 0 Å². The van der Waals surface area contributed by atoms with E-state index in [1.165, 1.54) is 5.56 Å². The van der Waals surface area contributed by atoms with E-state index in [0.29, 0.717) is 24.0 Å². The number of para-hydroxylation sites is 1. The SMILES string of the molecule is O=C(CC1CCNC1)CC1CCOc2ccccc21. The number of hydrogen-bond acceptors (Lipinski definition) is 3. The summed E-state index contributed by atoms with van der Waals surface area (Å²) < 4.78 is 5.65. The minimum atomic E-state index is 0.354. The number of nitrogens with one attached hydrogen (secondary N) is 1. The van der Waals surface area contributed by atoms with Gasteiger partial charge in [0.25, 0.3) is 0 Å². The molecule has 3 rings (SSSR count). The van der Waals surface area contributed by atoms with Gasteiger partial charge in [0.2, 0.25) is 0 Å². The van der Waals surface area contributed by atoms with E-state index >= 15 is 0 Å². The van der Waals surface area contributed by atoms with Crippen molar-refractivity contribution in [1.29, 1.82) is 0 Å². The van der Waals surface area contributed by atoms with Crippen molar-refractivity contribution in [2.75, 3.05) is 19.7 Å². The van der Waals surface area contributed by atoms with Gasteiger partial charge in [-0.2, -0.15) is 0 Å². The van der Waals surface area contributed by atoms with Crippen LogP contribution in [-0.2, 0) is 4.79 Å². The van der Waals surface area contributed by atoms with Crippen molar-refractivity contribution in [2.45, 2.75) is 31.6 Å². The summed E-state index contributed by atoms with van der Waals surface area (Å²) in [7, 11) is 0. The summed E-state index contributed by atoms with van der Waals surface area (Å²) >= 11 is 0. The molecule has 2 aliphatic heterocycles. The van der Waals surface area contributed by atoms with Crippen molar-refractivity contribution >= 4 is 5.78 Å². The third kappa shape index (κ3) is 2.98. The van der Waals surface area contributed by atoms with E-state index in [2.05, 4.69) is 11.4 Å². The van der Waals surface area contributed by atoms with Gasteiger partial charge in [-0.3, -0.25) is 4.79 Å². The first kappa shape index (κ1) is 12.7. The lowest BCUT2D eigenvalue weighted by atomic mass is 9.86. The molecule has 2 heterocycles. The summed E-state index contributed by atoms with van der Waals surface area (Å²) in [4.78, 5) is 12.2. The van der Waals surface area contributed by atoms with Crippen LogP contribution in [0.4, 0.5) is 0 Å². The summed E-state index contributed by atoms with van der Waals surface area (Å²) in [5, 5.41) is 3.32. The van der Waals surface area contributed by atoms with Gasteiger partial charge in [-0.15, -0.1) is 0 Å². The van der Waals surface area contributed by atoms with Crippen LogP contribution >= 0.6 is 0 Å². The predicted molar refractivity (Wildman–Crippen MR) is 74.5 cm³/mol. The van der Waals surface area contributed by atoms with Crippen LogP contribution in [0.25, 0.3) is 0 Å². The molecule has 3 heteroatoms. The van der Waals surface area contributed by atoms with Crippen molar-refractivity contribution in [1.82, 2.24) is 5.32 Å². The highest BCUT2D eigenvalue weighted by molar-refractivity contribution is 5.79. The number of ether oxygens (including phenoxy) is 1. The summed E-state index contributed by atoms with van der Waals surface area (Å²) in [6, 6.07) is 8.13. The van der Waals surface area contributed by atoms with Crippen LogP contribution in [0.3, 0.4) is 0 Å². The van der Waals surface area contributed by atoms with Gasteiger partial charge in [-0.25, -0.2) is 0 Å². The second-order valence-electron chi connectivity index (χ2n) is 5.68. The smallest absolute Gasteiger partial charge is 0.133 e. The number of rotatable bonds is 4. The van der Waals surface area contributed by atoms with Gasteiger partial charge in [0.05, 0.1) is 6.61 Å². The Morgan fingerprint density at radius 2 is 2.16 bits per heavy atom. The zero-order valence-corrected chi connectivity index (χ0v) is 11.2. The maximum Gasteiger partial charge on any atom is 0.133 e. The Labute approximate surface area is 114 Å². The highest BCUT2D eigenvalue weighted by Crippen LogP contribution is 2.36. The summed E-state index contributed by atoms with van der Waals surface area (Å²) in [6.45, 7) is 2.81. The van der Waals surface area contributed by atoms with Crippen LogP contribution < -0.4 is 10.1 Å². The van der Waals surface area contributed by atoms with Gasteiger partial charge < -0.3 is 10.1 Å². The number of hydrogen-bond donors (Lipinski definition) is 1. The second kappa shape index (κ2) is 5.74. The second-order valence-corrected chi connectivity index (χ2v) is 5.68. The third-order valence-corrected chi connectivity index (χ3v) is 4.24. The fourth-order valence-corrected chi connectivity index (χ4v) is 3.20. The topological polar surface area (TPSA) is 38.3 Å². The number of ketones is 1. The molecule has 0 bridgehead atoms. The number of carbonyl (C=O) groups excluding carboxylic acids is 1. The van der Waals surface area contributed by atoms with E-state index in [4.69, 9.17) is 4.74 Å². The molecule has 3 nitrogen and oxygen atoms in total. The molecule has 1 N–H and O–H groups in total. The highest BCUT2D eigenvalue weighted by atomic mass is 16.5. The van der Waals surface area contributed by atoms with Crippen molar-refractivity contribution in [2.24, 2.45) is 5.92 Å². The lowest BCUT2D eigenvalue weighted by Crippen LogP contribution is -2.19. The molecule has 0 spiro atoms. The number of benzene rings is 1. The fraction of sp³-hybridized carbons (Fsp3) is 0.562. The Morgan fingerprint density at radius 1 is 1.26 bits per heavy atom. The highest BCUT2D eigenvalue weighted by Gasteiger charge is 2.25. The molecule has 0 amide bonds. The largest absolute Gasteiger partial charge is 0.493 e. The van der Waals surface area contributed by atoms with Crippen molar-refractivity contribution in [3.05, 3.63) is 29.8 Å². The number of carbonyl (C=O) groups is 1. The molecular weight excluding hydrogens is 238 g/mol. The Balaban J connectivity index is 1.62. The lowest BCUT2D eigenvalue weighted by Gasteiger charge is -2.25. The van der Waals surface area contributed by atoms with Crippen LogP contribution in [0.15, 0.2) is 24.3 Å². The number of Topliss-reactive ketones (excluding diaryl/α,β-unsaturated/α-hetero) is 1. The summed E-state index contributed by atoms with van der Waals surface area (Å²) in [5.41, 5.74) is 1.21. The first-order valence-corrected chi connectivity index (χ1v) is 7.27. The Bertz CT molecular complexity index is 452. The van der Waals surface area contributed by atoms with E-state index in [9.17, 15) is 4.79 Å². The maximum atomic E-state index is 12.2. The van der Waals surface area contributed by atoms with Crippen LogP contribution in [-0.4, -0.2) is 25.5 Å². The minimum Gasteiger partial charge on any atom is -0.493 e. The zero-order chi connectivity index (χ0) is 13.1. The normalized spacial score (nSPS) is 25.7. The zero-order valence-electron chi connectivity index (χ0n) is 11.2. The van der Waals surface area contributed by atoms with Gasteiger partial charge in [-0.1, -0.05) is 18.2 Å². The first-order valence-electron chi connectivity index (χ1n) is 7.27. The van der Waals surface area contributed by atoms with E-state index in [0.717, 1.165) is 44.7 Å². The quantitative estimate of drug-likeness (QED) is 0.903. The van der Waals surface area contributed by atoms with Crippen LogP contribution in [0.5, 0.6) is 5.75 Å². The van der Waals surface area contributed by atoms with Gasteiger partial charge in [0.15, 0.2) is 0 Å². The maximum absolute atomic E-state index is 12.2.